The van der Waals surface area contributed by atoms with Crippen LogP contribution in [0, 0.1) is 23.7 Å². The molecule has 0 amide bonds. The van der Waals surface area contributed by atoms with E-state index in [4.69, 9.17) is 37.0 Å². The second kappa shape index (κ2) is 53.3. The van der Waals surface area contributed by atoms with Gasteiger partial charge in [0.05, 0.1) is 26.4 Å². The van der Waals surface area contributed by atoms with E-state index in [1.807, 2.05) is 0 Å². The van der Waals surface area contributed by atoms with Crippen LogP contribution in [0.1, 0.15) is 299 Å². The van der Waals surface area contributed by atoms with Gasteiger partial charge in [0, 0.05) is 25.7 Å². The number of phosphoric acid groups is 2. The number of rotatable bonds is 60. The summed E-state index contributed by atoms with van der Waals surface area (Å²) >= 11 is 0. The molecule has 0 heterocycles. The summed E-state index contributed by atoms with van der Waals surface area (Å²) in [5.74, 6) is 0.673. The van der Waals surface area contributed by atoms with Crippen LogP contribution in [-0.4, -0.2) is 96.7 Å². The van der Waals surface area contributed by atoms with E-state index >= 15 is 0 Å². The molecule has 0 aliphatic rings. The number of aliphatic hydroxyl groups excluding tert-OH is 1. The standard InChI is InChI=1S/C63H122O17P2/c1-53(2)39-31-23-15-12-10-9-11-13-17-29-37-45-62(67)79-58(50-74-61(66)44-36-28-21-19-25-33-41-55(5)6)51-77-81(69,70)75-47-57(64)48-76-82(71,72)78-52-59(80-63(68)46-38-30-22-20-26-34-42-56(7)8)49-73-60(65)43-35-27-18-14-16-24-32-40-54(3)4/h53-59,64H,9-52H2,1-8H3,(H,69,70)(H,71,72)/t57-,58+,59+/m0/s1. The predicted molar refractivity (Wildman–Crippen MR) is 326 cm³/mol. The van der Waals surface area contributed by atoms with E-state index in [0.717, 1.165) is 109 Å². The summed E-state index contributed by atoms with van der Waals surface area (Å²) in [6, 6.07) is 0. The molecule has 5 atom stereocenters. The zero-order valence-corrected chi connectivity index (χ0v) is 54.9. The largest absolute Gasteiger partial charge is 0.472 e. The molecule has 0 fully saturated rings. The molecule has 0 aromatic heterocycles. The average molecular weight is 1210 g/mol. The molecule has 0 spiro atoms. The van der Waals surface area contributed by atoms with Crippen molar-refractivity contribution in [1.29, 1.82) is 0 Å². The normalized spacial score (nSPS) is 14.5. The fraction of sp³-hybridized carbons (Fsp3) is 0.937. The maximum atomic E-state index is 13.0. The van der Waals surface area contributed by atoms with Gasteiger partial charge in [-0.1, -0.05) is 248 Å². The first kappa shape index (κ1) is 80.1. The molecule has 2 unspecified atom stereocenters. The number of carbonyl (C=O) groups is 4. The van der Waals surface area contributed by atoms with Gasteiger partial charge in [0.2, 0.25) is 0 Å². The van der Waals surface area contributed by atoms with E-state index in [9.17, 15) is 43.2 Å². The van der Waals surface area contributed by atoms with E-state index in [1.54, 1.807) is 0 Å². The number of esters is 4. The SMILES string of the molecule is CC(C)CCCCCCCCCCCCCC(=O)O[C@H](COC(=O)CCCCCCCCC(C)C)COP(=O)(O)OC[C@H](O)COP(=O)(O)OC[C@@H](COC(=O)CCCCCCCCCC(C)C)OC(=O)CCCCCCCCC(C)C. The van der Waals surface area contributed by atoms with Gasteiger partial charge in [-0.2, -0.15) is 0 Å². The Labute approximate surface area is 498 Å². The first-order valence-corrected chi connectivity index (χ1v) is 35.7. The molecule has 0 bridgehead atoms. The topological polar surface area (TPSA) is 237 Å². The van der Waals surface area contributed by atoms with Crippen LogP contribution in [0.5, 0.6) is 0 Å². The zero-order valence-electron chi connectivity index (χ0n) is 53.1. The average Bonchev–Trinajstić information content (AvgIpc) is 3.41. The summed E-state index contributed by atoms with van der Waals surface area (Å²) in [5.41, 5.74) is 0. The summed E-state index contributed by atoms with van der Waals surface area (Å²) in [4.78, 5) is 72.1. The number of aliphatic hydroxyl groups is 1. The van der Waals surface area contributed by atoms with Crippen LogP contribution < -0.4 is 0 Å². The Kier molecular flexibility index (Phi) is 52.0. The van der Waals surface area contributed by atoms with Crippen molar-refractivity contribution in [3.8, 4) is 0 Å². The van der Waals surface area contributed by atoms with Crippen LogP contribution in [-0.2, 0) is 65.4 Å². The Bertz CT molecular complexity index is 1640. The van der Waals surface area contributed by atoms with Crippen molar-refractivity contribution in [1.82, 2.24) is 0 Å². The van der Waals surface area contributed by atoms with Gasteiger partial charge < -0.3 is 33.8 Å². The highest BCUT2D eigenvalue weighted by atomic mass is 31.2. The van der Waals surface area contributed by atoms with Crippen LogP contribution in [0.25, 0.3) is 0 Å². The smallest absolute Gasteiger partial charge is 0.462 e. The van der Waals surface area contributed by atoms with Gasteiger partial charge in [0.25, 0.3) is 0 Å². The van der Waals surface area contributed by atoms with Crippen molar-refractivity contribution >= 4 is 39.5 Å². The summed E-state index contributed by atoms with van der Waals surface area (Å²) in [5, 5.41) is 10.5. The lowest BCUT2D eigenvalue weighted by Crippen LogP contribution is -2.30. The summed E-state index contributed by atoms with van der Waals surface area (Å²) in [7, 11) is -9.89. The molecule has 0 rings (SSSR count). The Morgan fingerprint density at radius 3 is 0.756 bits per heavy atom. The van der Waals surface area contributed by atoms with E-state index in [-0.39, 0.29) is 25.7 Å². The molecule has 0 aliphatic heterocycles. The van der Waals surface area contributed by atoms with Crippen LogP contribution in [0.4, 0.5) is 0 Å². The Hall–Kier alpha value is -1.94. The molecule has 17 nitrogen and oxygen atoms in total. The van der Waals surface area contributed by atoms with Crippen LogP contribution >= 0.6 is 15.6 Å². The Balaban J connectivity index is 5.23. The van der Waals surface area contributed by atoms with Crippen molar-refractivity contribution in [3.63, 3.8) is 0 Å². The van der Waals surface area contributed by atoms with Gasteiger partial charge >= 0.3 is 39.5 Å². The molecule has 82 heavy (non-hydrogen) atoms. The minimum Gasteiger partial charge on any atom is -0.462 e. The number of unbranched alkanes of at least 4 members (excludes halogenated alkanes) is 26. The third-order valence-electron chi connectivity index (χ3n) is 14.3. The molecule has 3 N–H and O–H groups in total. The number of hydrogen-bond acceptors (Lipinski definition) is 15. The molecule has 0 aromatic rings. The monoisotopic (exact) mass is 1210 g/mol. The van der Waals surface area contributed by atoms with Gasteiger partial charge in [0.15, 0.2) is 12.2 Å². The van der Waals surface area contributed by atoms with Crippen molar-refractivity contribution in [2.24, 2.45) is 23.7 Å². The second-order valence-corrected chi connectivity index (χ2v) is 27.6. The van der Waals surface area contributed by atoms with E-state index in [2.05, 4.69) is 55.4 Å². The van der Waals surface area contributed by atoms with Crippen LogP contribution in [0.2, 0.25) is 0 Å². The van der Waals surface area contributed by atoms with E-state index in [1.165, 1.54) is 89.9 Å². The Morgan fingerprint density at radius 2 is 0.512 bits per heavy atom. The van der Waals surface area contributed by atoms with Crippen molar-refractivity contribution in [3.05, 3.63) is 0 Å². The fourth-order valence-corrected chi connectivity index (χ4v) is 10.8. The highest BCUT2D eigenvalue weighted by molar-refractivity contribution is 7.47. The summed E-state index contributed by atoms with van der Waals surface area (Å²) in [6.45, 7) is 13.9. The van der Waals surface area contributed by atoms with Gasteiger partial charge in [-0.05, 0) is 49.4 Å². The molecule has 0 saturated carbocycles. The molecule has 0 aliphatic carbocycles. The van der Waals surface area contributed by atoms with E-state index in [0.29, 0.717) is 43.4 Å². The highest BCUT2D eigenvalue weighted by Crippen LogP contribution is 2.45. The van der Waals surface area contributed by atoms with Crippen LogP contribution in [0.15, 0.2) is 0 Å². The maximum Gasteiger partial charge on any atom is 0.472 e. The minimum atomic E-state index is -4.94. The van der Waals surface area contributed by atoms with Crippen LogP contribution in [0.3, 0.4) is 0 Å². The molecule has 0 radical (unpaired) electrons. The van der Waals surface area contributed by atoms with Crippen molar-refractivity contribution < 1.29 is 80.2 Å². The number of hydrogen-bond donors (Lipinski definition) is 3. The Morgan fingerprint density at radius 1 is 0.305 bits per heavy atom. The second-order valence-electron chi connectivity index (χ2n) is 24.7. The summed E-state index contributed by atoms with van der Waals surface area (Å²) < 4.78 is 67.9. The summed E-state index contributed by atoms with van der Waals surface area (Å²) in [6.07, 6.45) is 32.5. The highest BCUT2D eigenvalue weighted by Gasteiger charge is 2.30. The zero-order chi connectivity index (χ0) is 61.1. The molecule has 0 saturated heterocycles. The third-order valence-corrected chi connectivity index (χ3v) is 16.2. The maximum absolute atomic E-state index is 13.0. The van der Waals surface area contributed by atoms with E-state index < -0.39 is 97.5 Å². The molecular formula is C63H122O17P2. The first-order chi connectivity index (χ1) is 39.1. The molecule has 0 aromatic carbocycles. The van der Waals surface area contributed by atoms with Gasteiger partial charge in [-0.15, -0.1) is 0 Å². The number of carbonyl (C=O) groups excluding carboxylic acids is 4. The molecule has 486 valence electrons. The minimum absolute atomic E-state index is 0.101. The van der Waals surface area contributed by atoms with Crippen molar-refractivity contribution in [2.75, 3.05) is 39.6 Å². The number of phosphoric ester groups is 2. The lowest BCUT2D eigenvalue weighted by atomic mass is 10.0. The third kappa shape index (κ3) is 57.2. The van der Waals surface area contributed by atoms with Gasteiger partial charge in [-0.3, -0.25) is 37.3 Å². The first-order valence-electron chi connectivity index (χ1n) is 32.7. The number of ether oxygens (including phenoxy) is 4. The fourth-order valence-electron chi connectivity index (χ4n) is 9.25. The molecule has 19 heteroatoms. The quantitative estimate of drug-likeness (QED) is 0.0222. The lowest BCUT2D eigenvalue weighted by molar-refractivity contribution is -0.161. The molecular weight excluding hydrogens is 1090 g/mol. The lowest BCUT2D eigenvalue weighted by Gasteiger charge is -2.21. The van der Waals surface area contributed by atoms with Gasteiger partial charge in [-0.25, -0.2) is 9.13 Å². The van der Waals surface area contributed by atoms with Gasteiger partial charge in [0.1, 0.15) is 19.3 Å². The predicted octanol–water partition coefficient (Wildman–Crippen LogP) is 17.0. The van der Waals surface area contributed by atoms with Crippen molar-refractivity contribution in [2.45, 2.75) is 318 Å².